The highest BCUT2D eigenvalue weighted by atomic mass is 16.5. The Hall–Kier alpha value is -3.75. The van der Waals surface area contributed by atoms with Gasteiger partial charge in [-0.2, -0.15) is 10.1 Å². The molecule has 0 saturated heterocycles. The van der Waals surface area contributed by atoms with Gasteiger partial charge in [0.1, 0.15) is 35.4 Å². The topological polar surface area (TPSA) is 103 Å². The maximum Gasteiger partial charge on any atom is 0.256 e. The summed E-state index contributed by atoms with van der Waals surface area (Å²) in [4.78, 5) is 17.6. The Bertz CT molecular complexity index is 1100. The Labute approximate surface area is 167 Å². The van der Waals surface area contributed by atoms with Crippen molar-refractivity contribution in [3.63, 3.8) is 0 Å². The number of aryl methyl sites for hydroxylation is 1. The summed E-state index contributed by atoms with van der Waals surface area (Å²) in [6.45, 7) is 3.67. The average Bonchev–Trinajstić information content (AvgIpc) is 3.35. The highest BCUT2D eigenvalue weighted by Crippen LogP contribution is 2.37. The number of hydrogen-bond acceptors (Lipinski definition) is 7. The van der Waals surface area contributed by atoms with Crippen LogP contribution in [0.3, 0.4) is 0 Å². The molecule has 0 radical (unpaired) electrons. The average molecular weight is 395 g/mol. The van der Waals surface area contributed by atoms with Crippen LogP contribution >= 0.6 is 0 Å². The summed E-state index contributed by atoms with van der Waals surface area (Å²) in [6.07, 6.45) is 1.43. The van der Waals surface area contributed by atoms with E-state index in [2.05, 4.69) is 20.7 Å². The molecular weight excluding hydrogens is 374 g/mol. The molecule has 29 heavy (non-hydrogen) atoms. The first-order chi connectivity index (χ1) is 14.0. The van der Waals surface area contributed by atoms with E-state index in [9.17, 15) is 4.79 Å². The summed E-state index contributed by atoms with van der Waals surface area (Å²) in [6, 6.07) is 8.33. The van der Waals surface area contributed by atoms with E-state index in [1.807, 2.05) is 26.0 Å². The molecule has 0 saturated carbocycles. The van der Waals surface area contributed by atoms with E-state index in [1.165, 1.54) is 6.33 Å². The summed E-state index contributed by atoms with van der Waals surface area (Å²) in [5.74, 6) is 2.68. The largest absolute Gasteiger partial charge is 0.497 e. The molecule has 0 aliphatic carbocycles. The van der Waals surface area contributed by atoms with Gasteiger partial charge < -0.3 is 24.5 Å². The normalized spacial score (nSPS) is 15.5. The Morgan fingerprint density at radius 2 is 2.03 bits per heavy atom. The van der Waals surface area contributed by atoms with Crippen molar-refractivity contribution in [2.75, 3.05) is 24.9 Å². The summed E-state index contributed by atoms with van der Waals surface area (Å²) in [5, 5.41) is 10.3. The Balaban J connectivity index is 1.75. The predicted molar refractivity (Wildman–Crippen MR) is 106 cm³/mol. The summed E-state index contributed by atoms with van der Waals surface area (Å²) < 4.78 is 18.1. The zero-order chi connectivity index (χ0) is 20.5. The van der Waals surface area contributed by atoms with E-state index in [1.54, 1.807) is 37.1 Å². The van der Waals surface area contributed by atoms with E-state index in [0.717, 1.165) is 5.76 Å². The third kappa shape index (κ3) is 3.31. The molecule has 3 aromatic rings. The third-order valence-corrected chi connectivity index (χ3v) is 4.72. The van der Waals surface area contributed by atoms with Crippen LogP contribution in [0.5, 0.6) is 11.5 Å². The van der Waals surface area contributed by atoms with Gasteiger partial charge in [-0.3, -0.25) is 4.79 Å². The Morgan fingerprint density at radius 1 is 1.21 bits per heavy atom. The van der Waals surface area contributed by atoms with Gasteiger partial charge in [-0.15, -0.1) is 0 Å². The highest BCUT2D eigenvalue weighted by Gasteiger charge is 2.35. The fraction of sp³-hybridized carbons (Fsp3) is 0.250. The van der Waals surface area contributed by atoms with Crippen molar-refractivity contribution in [1.82, 2.24) is 14.8 Å². The molecule has 150 valence electrons. The van der Waals surface area contributed by atoms with Crippen LogP contribution in [0.4, 0.5) is 11.6 Å². The number of nitrogens with one attached hydrogen (secondary N) is 2. The molecular formula is C20H21N5O4. The van der Waals surface area contributed by atoms with Crippen LogP contribution in [0.2, 0.25) is 0 Å². The number of fused-ring (bicyclic) bond motifs is 1. The van der Waals surface area contributed by atoms with Crippen LogP contribution in [-0.2, 0) is 4.79 Å². The van der Waals surface area contributed by atoms with Crippen LogP contribution in [0, 0.1) is 6.92 Å². The number of benzene rings is 1. The van der Waals surface area contributed by atoms with Crippen molar-refractivity contribution in [2.24, 2.45) is 0 Å². The van der Waals surface area contributed by atoms with Crippen LogP contribution in [0.25, 0.3) is 0 Å². The van der Waals surface area contributed by atoms with Gasteiger partial charge in [0.25, 0.3) is 5.91 Å². The van der Waals surface area contributed by atoms with E-state index in [4.69, 9.17) is 13.9 Å². The van der Waals surface area contributed by atoms with Crippen molar-refractivity contribution < 1.29 is 18.7 Å². The number of ether oxygens (including phenoxy) is 2. The van der Waals surface area contributed by atoms with Crippen molar-refractivity contribution in [3.05, 3.63) is 59.4 Å². The smallest absolute Gasteiger partial charge is 0.256 e. The number of furan rings is 1. The van der Waals surface area contributed by atoms with Crippen LogP contribution < -0.4 is 20.1 Å². The van der Waals surface area contributed by atoms with E-state index in [-0.39, 0.29) is 5.91 Å². The Kier molecular flexibility index (Phi) is 4.71. The second kappa shape index (κ2) is 7.34. The van der Waals surface area contributed by atoms with Crippen LogP contribution in [-0.4, -0.2) is 34.9 Å². The zero-order valence-corrected chi connectivity index (χ0v) is 16.5. The number of carbonyl (C=O) groups excluding carboxylic acids is 1. The number of carbonyl (C=O) groups is 1. The minimum Gasteiger partial charge on any atom is -0.497 e. The van der Waals surface area contributed by atoms with E-state index >= 15 is 0 Å². The molecule has 0 bridgehead atoms. The minimum absolute atomic E-state index is 0.318. The lowest BCUT2D eigenvalue weighted by molar-refractivity contribution is -0.113. The Morgan fingerprint density at radius 3 is 2.72 bits per heavy atom. The number of nitrogens with zero attached hydrogens (tertiary/aromatic N) is 3. The lowest BCUT2D eigenvalue weighted by Gasteiger charge is -2.27. The molecule has 0 spiro atoms. The van der Waals surface area contributed by atoms with Gasteiger partial charge in [-0.05, 0) is 38.1 Å². The van der Waals surface area contributed by atoms with Gasteiger partial charge in [0, 0.05) is 11.8 Å². The first kappa shape index (κ1) is 18.6. The van der Waals surface area contributed by atoms with Crippen molar-refractivity contribution in [2.45, 2.75) is 19.9 Å². The summed E-state index contributed by atoms with van der Waals surface area (Å²) >= 11 is 0. The monoisotopic (exact) mass is 395 g/mol. The quantitative estimate of drug-likeness (QED) is 0.684. The molecule has 1 aliphatic rings. The molecule has 1 atom stereocenters. The molecule has 4 rings (SSSR count). The summed E-state index contributed by atoms with van der Waals surface area (Å²) in [7, 11) is 3.10. The molecule has 1 aliphatic heterocycles. The van der Waals surface area contributed by atoms with E-state index < -0.39 is 6.04 Å². The third-order valence-electron chi connectivity index (χ3n) is 4.72. The first-order valence-electron chi connectivity index (χ1n) is 8.98. The van der Waals surface area contributed by atoms with Gasteiger partial charge in [-0.25, -0.2) is 4.68 Å². The molecule has 2 aromatic heterocycles. The fourth-order valence-electron chi connectivity index (χ4n) is 3.35. The number of aromatic nitrogens is 3. The van der Waals surface area contributed by atoms with Gasteiger partial charge in [0.15, 0.2) is 0 Å². The molecule has 9 nitrogen and oxygen atoms in total. The molecule has 0 fully saturated rings. The van der Waals surface area contributed by atoms with Gasteiger partial charge in [0.2, 0.25) is 5.95 Å². The molecule has 1 unspecified atom stereocenters. The van der Waals surface area contributed by atoms with Crippen molar-refractivity contribution in [1.29, 1.82) is 0 Å². The number of amides is 1. The minimum atomic E-state index is -0.556. The molecule has 1 aromatic carbocycles. The van der Waals surface area contributed by atoms with Gasteiger partial charge in [-0.1, -0.05) is 0 Å². The molecule has 9 heteroatoms. The lowest BCUT2D eigenvalue weighted by Crippen LogP contribution is -2.31. The maximum absolute atomic E-state index is 13.4. The van der Waals surface area contributed by atoms with Crippen molar-refractivity contribution in [3.8, 4) is 11.5 Å². The summed E-state index contributed by atoms with van der Waals surface area (Å²) in [5.41, 5.74) is 1.61. The SMILES string of the molecule is COc1ccc(OC)c(NC(=O)C2=C(C)Nc3ncnn3C2c2ccc(C)o2)c1. The maximum atomic E-state index is 13.4. The van der Waals surface area contributed by atoms with Gasteiger partial charge in [0.05, 0.1) is 25.5 Å². The van der Waals surface area contributed by atoms with Gasteiger partial charge >= 0.3 is 0 Å². The number of hydrogen-bond donors (Lipinski definition) is 2. The zero-order valence-electron chi connectivity index (χ0n) is 16.5. The van der Waals surface area contributed by atoms with E-state index in [0.29, 0.717) is 40.2 Å². The second-order valence-corrected chi connectivity index (χ2v) is 6.56. The highest BCUT2D eigenvalue weighted by molar-refractivity contribution is 6.06. The van der Waals surface area contributed by atoms with Crippen molar-refractivity contribution >= 4 is 17.5 Å². The molecule has 2 N–H and O–H groups in total. The number of anilines is 2. The standard InChI is InChI=1S/C20H21N5O4/c1-11-5-7-16(29-11)18-17(12(2)23-20-21-10-22-25(18)20)19(26)24-14-9-13(27-3)6-8-15(14)28-4/h5-10,18H,1-4H3,(H,24,26)(H,21,22,23). The number of allylic oxidation sites excluding steroid dienone is 1. The number of rotatable bonds is 5. The fourth-order valence-corrected chi connectivity index (χ4v) is 3.35. The molecule has 3 heterocycles. The number of methoxy groups -OCH3 is 2. The molecule has 1 amide bonds. The first-order valence-corrected chi connectivity index (χ1v) is 8.98. The van der Waals surface area contributed by atoms with Crippen LogP contribution in [0.1, 0.15) is 24.5 Å². The second-order valence-electron chi connectivity index (χ2n) is 6.56. The lowest BCUT2D eigenvalue weighted by atomic mass is 10.00. The van der Waals surface area contributed by atoms with Crippen LogP contribution in [0.15, 0.2) is 52.3 Å². The predicted octanol–water partition coefficient (Wildman–Crippen LogP) is 3.12.